The summed E-state index contributed by atoms with van der Waals surface area (Å²) in [7, 11) is 0. The van der Waals surface area contributed by atoms with Crippen LogP contribution in [-0.4, -0.2) is 77.3 Å². The molecular formula is C21H31N5O. The number of nitrogens with zero attached hydrogens (tertiary/aromatic N) is 4. The summed E-state index contributed by atoms with van der Waals surface area (Å²) in [6, 6.07) is 8.49. The van der Waals surface area contributed by atoms with Crippen LogP contribution in [0.1, 0.15) is 23.7 Å². The van der Waals surface area contributed by atoms with Crippen molar-refractivity contribution in [3.63, 3.8) is 0 Å². The molecule has 4 rings (SSSR count). The van der Waals surface area contributed by atoms with Gasteiger partial charge in [0.2, 0.25) is 0 Å². The lowest BCUT2D eigenvalue weighted by Gasteiger charge is -2.33. The van der Waals surface area contributed by atoms with Gasteiger partial charge >= 0.3 is 0 Å². The molecule has 6 nitrogen and oxygen atoms in total. The molecule has 146 valence electrons. The van der Waals surface area contributed by atoms with Crippen LogP contribution in [0, 0.1) is 0 Å². The number of piperazine rings is 1. The van der Waals surface area contributed by atoms with Crippen LogP contribution in [0.3, 0.4) is 0 Å². The van der Waals surface area contributed by atoms with E-state index in [9.17, 15) is 0 Å². The van der Waals surface area contributed by atoms with E-state index in [-0.39, 0.29) is 0 Å². The molecule has 2 aromatic rings. The van der Waals surface area contributed by atoms with Crippen molar-refractivity contribution < 1.29 is 4.74 Å². The maximum atomic E-state index is 6.19. The van der Waals surface area contributed by atoms with Crippen molar-refractivity contribution in [3.05, 3.63) is 47.3 Å². The zero-order valence-electron chi connectivity index (χ0n) is 16.4. The maximum absolute atomic E-state index is 6.19. The first kappa shape index (κ1) is 18.5. The van der Waals surface area contributed by atoms with Crippen molar-refractivity contribution in [2.24, 2.45) is 0 Å². The minimum absolute atomic E-state index is 0.759. The van der Waals surface area contributed by atoms with Crippen LogP contribution >= 0.6 is 0 Å². The van der Waals surface area contributed by atoms with Crippen LogP contribution in [0.15, 0.2) is 30.5 Å². The van der Waals surface area contributed by atoms with Gasteiger partial charge in [-0.15, -0.1) is 0 Å². The van der Waals surface area contributed by atoms with E-state index in [1.165, 1.54) is 29.9 Å². The molecule has 6 heteroatoms. The average molecular weight is 370 g/mol. The minimum atomic E-state index is 0.759. The Morgan fingerprint density at radius 2 is 1.85 bits per heavy atom. The fourth-order valence-corrected chi connectivity index (χ4v) is 4.05. The predicted molar refractivity (Wildman–Crippen MR) is 107 cm³/mol. The number of H-pyrrole nitrogens is 1. The molecular weight excluding hydrogens is 338 g/mol. The third-order valence-electron chi connectivity index (χ3n) is 5.82. The molecule has 0 radical (unpaired) electrons. The Morgan fingerprint density at radius 3 is 2.70 bits per heavy atom. The van der Waals surface area contributed by atoms with Gasteiger partial charge in [-0.2, -0.15) is 5.10 Å². The van der Waals surface area contributed by atoms with E-state index >= 15 is 0 Å². The number of fused-ring (bicyclic) bond motifs is 1. The lowest BCUT2D eigenvalue weighted by Crippen LogP contribution is -2.47. The molecule has 0 unspecified atom stereocenters. The number of benzene rings is 1. The first-order chi connectivity index (χ1) is 13.3. The molecule has 1 fully saturated rings. The molecule has 0 amide bonds. The Balaban J connectivity index is 1.28. The van der Waals surface area contributed by atoms with E-state index < -0.39 is 0 Å². The van der Waals surface area contributed by atoms with Gasteiger partial charge in [0.15, 0.2) is 0 Å². The number of likely N-dealkylation sites (N-methyl/N-ethyl adjacent to an activating group) is 1. The molecule has 1 saturated heterocycles. The van der Waals surface area contributed by atoms with E-state index in [1.807, 2.05) is 6.20 Å². The number of rotatable bonds is 7. The Hall–Kier alpha value is -1.89. The molecule has 3 heterocycles. The van der Waals surface area contributed by atoms with Crippen molar-refractivity contribution in [2.75, 3.05) is 52.4 Å². The van der Waals surface area contributed by atoms with Crippen molar-refractivity contribution in [2.45, 2.75) is 26.4 Å². The molecule has 0 aliphatic carbocycles. The smallest absolute Gasteiger partial charge is 0.123 e. The molecule has 1 N–H and O–H groups in total. The van der Waals surface area contributed by atoms with Gasteiger partial charge in [-0.05, 0) is 12.6 Å². The number of ether oxygens (including phenoxy) is 1. The Labute approximate surface area is 162 Å². The largest absolute Gasteiger partial charge is 0.492 e. The summed E-state index contributed by atoms with van der Waals surface area (Å²) < 4.78 is 6.19. The van der Waals surface area contributed by atoms with Gasteiger partial charge in [-0.3, -0.25) is 14.9 Å². The van der Waals surface area contributed by atoms with E-state index in [2.05, 4.69) is 56.1 Å². The van der Waals surface area contributed by atoms with Crippen LogP contribution in [-0.2, 0) is 19.5 Å². The summed E-state index contributed by atoms with van der Waals surface area (Å²) in [6.45, 7) is 12.8. The second-order valence-electron chi connectivity index (χ2n) is 7.57. The van der Waals surface area contributed by atoms with Crippen LogP contribution in [0.25, 0.3) is 0 Å². The first-order valence-corrected chi connectivity index (χ1v) is 10.2. The Bertz CT molecular complexity index is 723. The van der Waals surface area contributed by atoms with Crippen molar-refractivity contribution in [3.8, 4) is 5.75 Å². The van der Waals surface area contributed by atoms with Crippen molar-refractivity contribution in [1.82, 2.24) is 24.9 Å². The van der Waals surface area contributed by atoms with Gasteiger partial charge in [-0.25, -0.2) is 0 Å². The van der Waals surface area contributed by atoms with Crippen molar-refractivity contribution >= 4 is 0 Å². The maximum Gasteiger partial charge on any atom is 0.123 e. The van der Waals surface area contributed by atoms with Crippen molar-refractivity contribution in [1.29, 1.82) is 0 Å². The normalized spacial score (nSPS) is 19.1. The van der Waals surface area contributed by atoms with E-state index in [0.717, 1.165) is 64.6 Å². The predicted octanol–water partition coefficient (Wildman–Crippen LogP) is 1.98. The third kappa shape index (κ3) is 4.69. The SMILES string of the molecule is CCN1CCN(CCOc2ccccc2CN2CCc3[nH]ncc3C2)CC1. The van der Waals surface area contributed by atoms with Crippen LogP contribution < -0.4 is 4.74 Å². The monoisotopic (exact) mass is 369 g/mol. The molecule has 0 atom stereocenters. The standard InChI is InChI=1S/C21H31N5O/c1-2-24-9-11-25(12-10-24)13-14-27-21-6-4-3-5-18(21)16-26-8-7-20-19(17-26)15-22-23-20/h3-6,15H,2,7-14,16-17H2,1H3,(H,22,23). The van der Waals surface area contributed by atoms with Crippen LogP contribution in [0.2, 0.25) is 0 Å². The highest BCUT2D eigenvalue weighted by Gasteiger charge is 2.19. The average Bonchev–Trinajstić information content (AvgIpc) is 3.18. The number of hydrogen-bond donors (Lipinski definition) is 1. The van der Waals surface area contributed by atoms with E-state index in [0.29, 0.717) is 0 Å². The summed E-state index contributed by atoms with van der Waals surface area (Å²) in [5, 5.41) is 7.28. The summed E-state index contributed by atoms with van der Waals surface area (Å²) in [5.74, 6) is 1.03. The molecule has 2 aliphatic heterocycles. The Morgan fingerprint density at radius 1 is 1.04 bits per heavy atom. The van der Waals surface area contributed by atoms with Gasteiger partial charge < -0.3 is 9.64 Å². The molecule has 0 bridgehead atoms. The fourth-order valence-electron chi connectivity index (χ4n) is 4.05. The van der Waals surface area contributed by atoms with E-state index in [1.54, 1.807) is 0 Å². The van der Waals surface area contributed by atoms with Gasteiger partial charge in [-0.1, -0.05) is 25.1 Å². The molecule has 0 saturated carbocycles. The quantitative estimate of drug-likeness (QED) is 0.809. The number of aromatic nitrogens is 2. The molecule has 27 heavy (non-hydrogen) atoms. The number of aromatic amines is 1. The summed E-state index contributed by atoms with van der Waals surface area (Å²) in [5.41, 5.74) is 3.89. The Kier molecular flexibility index (Phi) is 6.07. The van der Waals surface area contributed by atoms with Gasteiger partial charge in [0.25, 0.3) is 0 Å². The first-order valence-electron chi connectivity index (χ1n) is 10.2. The second-order valence-corrected chi connectivity index (χ2v) is 7.57. The third-order valence-corrected chi connectivity index (χ3v) is 5.82. The summed E-state index contributed by atoms with van der Waals surface area (Å²) in [6.07, 6.45) is 3.00. The highest BCUT2D eigenvalue weighted by Crippen LogP contribution is 2.23. The summed E-state index contributed by atoms with van der Waals surface area (Å²) in [4.78, 5) is 7.50. The lowest BCUT2D eigenvalue weighted by atomic mass is 10.1. The lowest BCUT2D eigenvalue weighted by molar-refractivity contribution is 0.120. The van der Waals surface area contributed by atoms with E-state index in [4.69, 9.17) is 4.74 Å². The number of hydrogen-bond acceptors (Lipinski definition) is 5. The van der Waals surface area contributed by atoms with Gasteiger partial charge in [0.05, 0.1) is 6.20 Å². The molecule has 0 spiro atoms. The topological polar surface area (TPSA) is 47.6 Å². The number of para-hydroxylation sites is 1. The van der Waals surface area contributed by atoms with Crippen LogP contribution in [0.4, 0.5) is 0 Å². The zero-order valence-corrected chi connectivity index (χ0v) is 16.4. The zero-order chi connectivity index (χ0) is 18.5. The van der Waals surface area contributed by atoms with Crippen LogP contribution in [0.5, 0.6) is 5.75 Å². The highest BCUT2D eigenvalue weighted by atomic mass is 16.5. The van der Waals surface area contributed by atoms with Gasteiger partial charge in [0.1, 0.15) is 12.4 Å². The molecule has 2 aliphatic rings. The molecule has 1 aromatic carbocycles. The minimum Gasteiger partial charge on any atom is -0.492 e. The second kappa shape index (κ2) is 8.87. The summed E-state index contributed by atoms with van der Waals surface area (Å²) >= 11 is 0. The highest BCUT2D eigenvalue weighted by molar-refractivity contribution is 5.33. The van der Waals surface area contributed by atoms with Gasteiger partial charge in [0, 0.05) is 75.6 Å². The molecule has 1 aromatic heterocycles. The number of nitrogens with one attached hydrogen (secondary N) is 1. The fraction of sp³-hybridized carbons (Fsp3) is 0.571.